The van der Waals surface area contributed by atoms with Crippen LogP contribution in [0.2, 0.25) is 0 Å². The number of benzene rings is 1. The van der Waals surface area contributed by atoms with E-state index >= 15 is 0 Å². The quantitative estimate of drug-likeness (QED) is 0.827. The van der Waals surface area contributed by atoms with Crippen molar-refractivity contribution in [3.8, 4) is 0 Å². The fourth-order valence-corrected chi connectivity index (χ4v) is 3.00. The lowest BCUT2D eigenvalue weighted by molar-refractivity contribution is -0.130. The molecular weight excluding hydrogens is 349 g/mol. The molecule has 2 rings (SSSR count). The fourth-order valence-electron chi connectivity index (χ4n) is 2.51. The molecule has 2 amide bonds. The zero-order valence-corrected chi connectivity index (χ0v) is 13.2. The second kappa shape index (κ2) is 7.20. The van der Waals surface area contributed by atoms with Crippen LogP contribution in [0.5, 0.6) is 0 Å². The molecule has 1 aromatic carbocycles. The Balaban J connectivity index is 2.04. The maximum Gasteiger partial charge on any atom is 0.355 e. The second-order valence-corrected chi connectivity index (χ2v) is 7.03. The van der Waals surface area contributed by atoms with E-state index in [9.17, 15) is 31.2 Å². The lowest BCUT2D eigenvalue weighted by Gasteiger charge is -2.24. The van der Waals surface area contributed by atoms with E-state index in [1.54, 1.807) is 6.07 Å². The molecule has 0 aliphatic carbocycles. The third kappa shape index (κ3) is 4.47. The molecule has 132 valence electrons. The van der Waals surface area contributed by atoms with E-state index < -0.39 is 40.0 Å². The van der Waals surface area contributed by atoms with Crippen LogP contribution in [0.1, 0.15) is 24.8 Å². The highest BCUT2D eigenvalue weighted by Crippen LogP contribution is 2.24. The van der Waals surface area contributed by atoms with Crippen molar-refractivity contribution in [1.29, 1.82) is 0 Å². The summed E-state index contributed by atoms with van der Waals surface area (Å²) >= 11 is 0. The summed E-state index contributed by atoms with van der Waals surface area (Å²) in [5.41, 5.74) is 0.510. The summed E-state index contributed by atoms with van der Waals surface area (Å²) in [4.78, 5) is 24.9. The number of hydrogen-bond acceptors (Lipinski definition) is 4. The third-order valence-electron chi connectivity index (χ3n) is 3.61. The van der Waals surface area contributed by atoms with Crippen LogP contribution in [0.25, 0.3) is 0 Å². The number of alkyl halides is 2. The Morgan fingerprint density at radius 1 is 1.38 bits per heavy atom. The van der Waals surface area contributed by atoms with Crippen molar-refractivity contribution in [2.45, 2.75) is 37.6 Å². The van der Waals surface area contributed by atoms with Crippen molar-refractivity contribution in [1.82, 2.24) is 9.62 Å². The molecule has 1 fully saturated rings. The average Bonchev–Trinajstić information content (AvgIpc) is 2.79. The van der Waals surface area contributed by atoms with E-state index in [0.717, 1.165) is 0 Å². The van der Waals surface area contributed by atoms with Gasteiger partial charge < -0.3 is 4.90 Å². The molecule has 0 aromatic heterocycles. The molecule has 1 heterocycles. The maximum absolute atomic E-state index is 13.2. The number of carbonyl (C=O) groups excluding carboxylic acids is 2. The maximum atomic E-state index is 13.2. The monoisotopic (exact) mass is 364 g/mol. The van der Waals surface area contributed by atoms with E-state index in [4.69, 9.17) is 0 Å². The number of likely N-dealkylation sites (tertiary alicyclic amines) is 1. The third-order valence-corrected chi connectivity index (χ3v) is 4.59. The molecule has 0 bridgehead atoms. The van der Waals surface area contributed by atoms with Gasteiger partial charge in [-0.05, 0) is 24.1 Å². The highest BCUT2D eigenvalue weighted by atomic mass is 32.2. The van der Waals surface area contributed by atoms with E-state index in [1.807, 2.05) is 0 Å². The lowest BCUT2D eigenvalue weighted by Crippen LogP contribution is -2.40. The number of halogens is 3. The average molecular weight is 364 g/mol. The summed E-state index contributed by atoms with van der Waals surface area (Å²) < 4.78 is 60.9. The SMILES string of the molecule is O=C(CC1CCC(=O)N1Cc1cccc(F)c1)NS(=O)(=O)C(F)F. The zero-order valence-electron chi connectivity index (χ0n) is 12.4. The van der Waals surface area contributed by atoms with Crippen molar-refractivity contribution < 1.29 is 31.2 Å². The molecular formula is C14H15F3N2O4S. The van der Waals surface area contributed by atoms with Gasteiger partial charge in [-0.1, -0.05) is 12.1 Å². The predicted octanol–water partition coefficient (Wildman–Crippen LogP) is 1.38. The Hall–Kier alpha value is -2.10. The number of sulfonamides is 1. The van der Waals surface area contributed by atoms with Gasteiger partial charge in [0.1, 0.15) is 5.82 Å². The van der Waals surface area contributed by atoms with Crippen LogP contribution in [0.3, 0.4) is 0 Å². The van der Waals surface area contributed by atoms with Crippen molar-refractivity contribution >= 4 is 21.8 Å². The number of hydrogen-bond donors (Lipinski definition) is 1. The van der Waals surface area contributed by atoms with Gasteiger partial charge in [-0.3, -0.25) is 9.59 Å². The Kier molecular flexibility index (Phi) is 5.47. The van der Waals surface area contributed by atoms with Crippen LogP contribution >= 0.6 is 0 Å². The Labute approximate surface area is 136 Å². The van der Waals surface area contributed by atoms with Crippen molar-refractivity contribution in [2.24, 2.45) is 0 Å². The highest BCUT2D eigenvalue weighted by molar-refractivity contribution is 7.90. The Bertz CT molecular complexity index is 739. The summed E-state index contributed by atoms with van der Waals surface area (Å²) in [6, 6.07) is 4.93. The van der Waals surface area contributed by atoms with Crippen molar-refractivity contribution in [3.05, 3.63) is 35.6 Å². The number of rotatable bonds is 6. The first-order chi connectivity index (χ1) is 11.2. The van der Waals surface area contributed by atoms with Crippen LogP contribution in [-0.2, 0) is 26.2 Å². The van der Waals surface area contributed by atoms with Crippen molar-refractivity contribution in [2.75, 3.05) is 0 Å². The number of nitrogens with one attached hydrogen (secondary N) is 1. The fraction of sp³-hybridized carbons (Fsp3) is 0.429. The standard InChI is InChI=1S/C14H15F3N2O4S/c15-10-3-1-2-9(6-10)8-19-11(4-5-13(19)21)7-12(20)18-24(22,23)14(16)17/h1-3,6,11,14H,4-5,7-8H2,(H,18,20). The van der Waals surface area contributed by atoms with Crippen LogP contribution in [0, 0.1) is 5.82 Å². The van der Waals surface area contributed by atoms with Gasteiger partial charge in [-0.2, -0.15) is 8.78 Å². The molecule has 1 aliphatic rings. The molecule has 0 radical (unpaired) electrons. The normalized spacial score (nSPS) is 18.2. The van der Waals surface area contributed by atoms with Gasteiger partial charge in [0, 0.05) is 25.4 Å². The van der Waals surface area contributed by atoms with E-state index in [-0.39, 0.29) is 25.3 Å². The van der Waals surface area contributed by atoms with Gasteiger partial charge in [-0.15, -0.1) is 0 Å². The van der Waals surface area contributed by atoms with Gasteiger partial charge in [0.25, 0.3) is 10.0 Å². The summed E-state index contributed by atoms with van der Waals surface area (Å²) in [5, 5.41) is 0. The summed E-state index contributed by atoms with van der Waals surface area (Å²) in [7, 11) is -5.02. The second-order valence-electron chi connectivity index (χ2n) is 5.38. The molecule has 1 atom stereocenters. The Morgan fingerprint density at radius 2 is 2.08 bits per heavy atom. The molecule has 1 unspecified atom stereocenters. The predicted molar refractivity (Wildman–Crippen MR) is 77.7 cm³/mol. The van der Waals surface area contributed by atoms with Crippen LogP contribution in [0.15, 0.2) is 24.3 Å². The minimum Gasteiger partial charge on any atom is -0.335 e. The molecule has 1 saturated heterocycles. The summed E-state index contributed by atoms with van der Waals surface area (Å²) in [6.45, 7) is 0.0517. The smallest absolute Gasteiger partial charge is 0.335 e. The van der Waals surface area contributed by atoms with Gasteiger partial charge in [-0.25, -0.2) is 17.5 Å². The molecule has 1 aliphatic heterocycles. The largest absolute Gasteiger partial charge is 0.355 e. The van der Waals surface area contributed by atoms with Gasteiger partial charge >= 0.3 is 5.76 Å². The topological polar surface area (TPSA) is 83.6 Å². The minimum absolute atomic E-state index is 0.0517. The first kappa shape index (κ1) is 18.2. The van der Waals surface area contributed by atoms with Gasteiger partial charge in [0.05, 0.1) is 0 Å². The van der Waals surface area contributed by atoms with Gasteiger partial charge in [0.15, 0.2) is 0 Å². The van der Waals surface area contributed by atoms with E-state index in [1.165, 1.54) is 27.8 Å². The zero-order chi connectivity index (χ0) is 17.9. The summed E-state index contributed by atoms with van der Waals surface area (Å²) in [5.74, 6) is -5.57. The molecule has 0 saturated carbocycles. The Morgan fingerprint density at radius 3 is 2.71 bits per heavy atom. The lowest BCUT2D eigenvalue weighted by atomic mass is 10.1. The minimum atomic E-state index is -5.02. The number of carbonyl (C=O) groups is 2. The van der Waals surface area contributed by atoms with Crippen LogP contribution < -0.4 is 4.72 Å². The van der Waals surface area contributed by atoms with E-state index in [0.29, 0.717) is 5.56 Å². The molecule has 6 nitrogen and oxygen atoms in total. The summed E-state index contributed by atoms with van der Waals surface area (Å²) in [6.07, 6.45) is 0.0121. The first-order valence-electron chi connectivity index (χ1n) is 7.05. The van der Waals surface area contributed by atoms with E-state index in [2.05, 4.69) is 0 Å². The highest BCUT2D eigenvalue weighted by Gasteiger charge is 2.34. The molecule has 24 heavy (non-hydrogen) atoms. The van der Waals surface area contributed by atoms with Crippen LogP contribution in [0.4, 0.5) is 13.2 Å². The number of nitrogens with zero attached hydrogens (tertiary/aromatic N) is 1. The van der Waals surface area contributed by atoms with Crippen LogP contribution in [-0.4, -0.2) is 36.9 Å². The first-order valence-corrected chi connectivity index (χ1v) is 8.60. The molecule has 0 spiro atoms. The van der Waals surface area contributed by atoms with Crippen molar-refractivity contribution in [3.63, 3.8) is 0 Å². The number of amides is 2. The molecule has 1 aromatic rings. The van der Waals surface area contributed by atoms with Gasteiger partial charge in [0.2, 0.25) is 11.8 Å². The molecule has 10 heteroatoms. The molecule has 1 N–H and O–H groups in total.